The van der Waals surface area contributed by atoms with Gasteiger partial charge in [-0.05, 0) is 12.2 Å². The maximum Gasteiger partial charge on any atom is 0.405 e. The summed E-state index contributed by atoms with van der Waals surface area (Å²) in [4.78, 5) is 0.759. The van der Waals surface area contributed by atoms with Crippen molar-refractivity contribution < 1.29 is 13.2 Å². The molecule has 0 aromatic rings. The van der Waals surface area contributed by atoms with Crippen LogP contribution in [0.5, 0.6) is 0 Å². The Morgan fingerprint density at radius 3 is 2.10 bits per heavy atom. The maximum atomic E-state index is 11.5. The smallest absolute Gasteiger partial charge is 0.376 e. The molecular weight excluding hydrogens is 165 g/mol. The van der Waals surface area contributed by atoms with Crippen LogP contribution in [0, 0.1) is 0 Å². The van der Waals surface area contributed by atoms with E-state index in [1.807, 2.05) is 0 Å². The average molecular weight is 172 g/mol. The molecule has 0 aliphatic rings. The minimum absolute atomic E-state index is 0.252. The molecule has 0 atom stereocenters. The zero-order valence-electron chi connectivity index (χ0n) is 5.27. The molecule has 0 saturated carbocycles. The van der Waals surface area contributed by atoms with Crippen LogP contribution >= 0.6 is 12.2 Å². The van der Waals surface area contributed by atoms with E-state index in [9.17, 15) is 13.2 Å². The molecule has 0 rings (SSSR count). The lowest BCUT2D eigenvalue weighted by molar-refractivity contribution is -0.135. The Balaban J connectivity index is 3.80. The third kappa shape index (κ3) is 4.37. The number of nitrogens with zero attached hydrogens (tertiary/aromatic N) is 1. The fraction of sp³-hybridized carbons (Fsp3) is 0.750. The number of halogens is 3. The Kier molecular flexibility index (Phi) is 2.89. The number of rotatable bonds is 1. The summed E-state index contributed by atoms with van der Waals surface area (Å²) in [6, 6.07) is 0. The van der Waals surface area contributed by atoms with E-state index in [1.54, 1.807) is 0 Å². The highest BCUT2D eigenvalue weighted by molar-refractivity contribution is 7.80. The quantitative estimate of drug-likeness (QED) is 0.591. The monoisotopic (exact) mass is 172 g/mol. The van der Waals surface area contributed by atoms with Crippen molar-refractivity contribution in [3.8, 4) is 0 Å². The van der Waals surface area contributed by atoms with Crippen LogP contribution in [0.25, 0.3) is 0 Å². The second-order valence-electron chi connectivity index (χ2n) is 1.81. The summed E-state index contributed by atoms with van der Waals surface area (Å²) in [5.41, 5.74) is 4.90. The second kappa shape index (κ2) is 3.05. The van der Waals surface area contributed by atoms with Gasteiger partial charge in [-0.2, -0.15) is 13.2 Å². The zero-order chi connectivity index (χ0) is 8.36. The largest absolute Gasteiger partial charge is 0.405 e. The SMILES string of the molecule is CN(CC(F)(F)F)C(N)=S. The fourth-order valence-corrected chi connectivity index (χ4v) is 0.411. The molecule has 0 unspecified atom stereocenters. The highest BCUT2D eigenvalue weighted by atomic mass is 32.1. The summed E-state index contributed by atoms with van der Waals surface area (Å²) in [6.07, 6.45) is -4.24. The lowest BCUT2D eigenvalue weighted by Gasteiger charge is -2.17. The molecule has 0 fully saturated rings. The van der Waals surface area contributed by atoms with Crippen molar-refractivity contribution in [1.82, 2.24) is 4.90 Å². The van der Waals surface area contributed by atoms with E-state index in [1.165, 1.54) is 7.05 Å². The standard InChI is InChI=1S/C4H7F3N2S/c1-9(3(8)10)2-4(5,6)7/h2H2,1H3,(H2,8,10). The molecule has 0 saturated heterocycles. The number of hydrogen-bond donors (Lipinski definition) is 1. The second-order valence-corrected chi connectivity index (χ2v) is 2.23. The molecule has 0 aromatic heterocycles. The number of nitrogens with two attached hydrogens (primary N) is 1. The first kappa shape index (κ1) is 9.48. The fourth-order valence-electron chi connectivity index (χ4n) is 0.347. The van der Waals surface area contributed by atoms with Crippen molar-refractivity contribution in [3.05, 3.63) is 0 Å². The third-order valence-corrected chi connectivity index (χ3v) is 1.10. The van der Waals surface area contributed by atoms with Crippen LogP contribution in [0.15, 0.2) is 0 Å². The van der Waals surface area contributed by atoms with Gasteiger partial charge in [-0.15, -0.1) is 0 Å². The van der Waals surface area contributed by atoms with E-state index in [4.69, 9.17) is 5.73 Å². The molecule has 6 heteroatoms. The van der Waals surface area contributed by atoms with E-state index in [0.717, 1.165) is 4.90 Å². The molecular formula is C4H7F3N2S. The highest BCUT2D eigenvalue weighted by Crippen LogP contribution is 2.14. The van der Waals surface area contributed by atoms with Gasteiger partial charge in [0.25, 0.3) is 0 Å². The summed E-state index contributed by atoms with van der Waals surface area (Å²) in [5, 5.41) is -0.252. The summed E-state index contributed by atoms with van der Waals surface area (Å²) >= 11 is 4.29. The van der Waals surface area contributed by atoms with Crippen LogP contribution in [-0.2, 0) is 0 Å². The van der Waals surface area contributed by atoms with Crippen molar-refractivity contribution in [1.29, 1.82) is 0 Å². The van der Waals surface area contributed by atoms with Gasteiger partial charge in [-0.25, -0.2) is 0 Å². The van der Waals surface area contributed by atoms with Gasteiger partial charge in [-0.3, -0.25) is 0 Å². The molecule has 0 radical (unpaired) electrons. The molecule has 0 spiro atoms. The number of alkyl halides is 3. The predicted molar refractivity (Wildman–Crippen MR) is 35.5 cm³/mol. The van der Waals surface area contributed by atoms with Crippen LogP contribution in [0.4, 0.5) is 13.2 Å². The molecule has 0 bridgehead atoms. The van der Waals surface area contributed by atoms with Gasteiger partial charge >= 0.3 is 6.18 Å². The number of hydrogen-bond acceptors (Lipinski definition) is 1. The topological polar surface area (TPSA) is 29.3 Å². The first-order valence-corrected chi connectivity index (χ1v) is 2.81. The number of thiocarbonyl (C=S) groups is 1. The molecule has 0 aromatic carbocycles. The maximum absolute atomic E-state index is 11.5. The summed E-state index contributed by atoms with van der Waals surface area (Å²) in [7, 11) is 1.19. The van der Waals surface area contributed by atoms with Gasteiger partial charge in [0.15, 0.2) is 5.11 Å². The molecule has 2 nitrogen and oxygen atoms in total. The highest BCUT2D eigenvalue weighted by Gasteiger charge is 2.29. The van der Waals surface area contributed by atoms with Crippen molar-refractivity contribution in [2.24, 2.45) is 5.73 Å². The first-order chi connectivity index (χ1) is 4.33. The van der Waals surface area contributed by atoms with Crippen molar-refractivity contribution in [3.63, 3.8) is 0 Å². The molecule has 2 N–H and O–H groups in total. The van der Waals surface area contributed by atoms with E-state index in [2.05, 4.69) is 12.2 Å². The van der Waals surface area contributed by atoms with E-state index >= 15 is 0 Å². The van der Waals surface area contributed by atoms with Gasteiger partial charge in [-0.1, -0.05) is 0 Å². The molecule has 10 heavy (non-hydrogen) atoms. The van der Waals surface area contributed by atoms with Crippen LogP contribution in [-0.4, -0.2) is 29.8 Å². The van der Waals surface area contributed by atoms with Crippen LogP contribution < -0.4 is 5.73 Å². The van der Waals surface area contributed by atoms with Gasteiger partial charge in [0.2, 0.25) is 0 Å². The normalized spacial score (nSPS) is 11.2. The minimum atomic E-state index is -4.24. The Morgan fingerprint density at radius 2 is 2.00 bits per heavy atom. The van der Waals surface area contributed by atoms with E-state index in [-0.39, 0.29) is 5.11 Å². The van der Waals surface area contributed by atoms with E-state index in [0.29, 0.717) is 0 Å². The van der Waals surface area contributed by atoms with Crippen molar-refractivity contribution >= 4 is 17.3 Å². The van der Waals surface area contributed by atoms with Crippen molar-refractivity contribution in [2.45, 2.75) is 6.18 Å². The molecule has 0 amide bonds. The minimum Gasteiger partial charge on any atom is -0.376 e. The molecule has 0 heterocycles. The Labute approximate surface area is 61.8 Å². The lowest BCUT2D eigenvalue weighted by Crippen LogP contribution is -2.38. The van der Waals surface area contributed by atoms with Gasteiger partial charge in [0.05, 0.1) is 0 Å². The van der Waals surface area contributed by atoms with Crippen LogP contribution in [0.3, 0.4) is 0 Å². The van der Waals surface area contributed by atoms with E-state index < -0.39 is 12.7 Å². The van der Waals surface area contributed by atoms with Gasteiger partial charge in [0.1, 0.15) is 6.54 Å². The van der Waals surface area contributed by atoms with Crippen LogP contribution in [0.1, 0.15) is 0 Å². The molecule has 60 valence electrons. The first-order valence-electron chi connectivity index (χ1n) is 2.40. The Hall–Kier alpha value is -0.520. The van der Waals surface area contributed by atoms with Gasteiger partial charge in [0, 0.05) is 7.05 Å². The molecule has 0 aliphatic carbocycles. The van der Waals surface area contributed by atoms with Gasteiger partial charge < -0.3 is 10.6 Å². The lowest BCUT2D eigenvalue weighted by atomic mass is 10.6. The zero-order valence-corrected chi connectivity index (χ0v) is 6.09. The average Bonchev–Trinajstić information content (AvgIpc) is 1.60. The van der Waals surface area contributed by atoms with Crippen LogP contribution in [0.2, 0.25) is 0 Å². The Morgan fingerprint density at radius 1 is 1.60 bits per heavy atom. The molecule has 0 aliphatic heterocycles. The summed E-state index contributed by atoms with van der Waals surface area (Å²) in [6.45, 7) is -1.09. The predicted octanol–water partition coefficient (Wildman–Crippen LogP) is 0.724. The summed E-state index contributed by atoms with van der Waals surface area (Å²) < 4.78 is 34.5. The third-order valence-electron chi connectivity index (χ3n) is 0.793. The summed E-state index contributed by atoms with van der Waals surface area (Å²) in [5.74, 6) is 0. The Bertz CT molecular complexity index is 133. The van der Waals surface area contributed by atoms with Crippen molar-refractivity contribution in [2.75, 3.05) is 13.6 Å².